The lowest BCUT2D eigenvalue weighted by Crippen LogP contribution is -2.58. The average molecular weight is 315 g/mol. The number of likely N-dealkylation sites (tertiary alicyclic amines) is 1. The summed E-state index contributed by atoms with van der Waals surface area (Å²) in [5.41, 5.74) is 8.81. The summed E-state index contributed by atoms with van der Waals surface area (Å²) < 4.78 is 0. The number of benzene rings is 1. The third kappa shape index (κ3) is 2.24. The van der Waals surface area contributed by atoms with Crippen LogP contribution in [-0.2, 0) is 11.8 Å². The topological polar surface area (TPSA) is 72.4 Å². The number of rotatable bonds is 3. The molecule has 0 spiro atoms. The predicted octanol–water partition coefficient (Wildman–Crippen LogP) is 3.11. The van der Waals surface area contributed by atoms with Crippen molar-refractivity contribution in [1.82, 2.24) is 4.90 Å². The summed E-state index contributed by atoms with van der Waals surface area (Å²) in [6.07, 6.45) is 4.77. The number of anilines is 1. The molecule has 1 heterocycles. The van der Waals surface area contributed by atoms with Crippen molar-refractivity contribution in [2.45, 2.75) is 51.0 Å². The molecular formula is C18H25N3O2. The summed E-state index contributed by atoms with van der Waals surface area (Å²) in [4.78, 5) is 13.5. The van der Waals surface area contributed by atoms with Gasteiger partial charge in [0.2, 0.25) is 0 Å². The van der Waals surface area contributed by atoms with Gasteiger partial charge in [-0.1, -0.05) is 13.8 Å². The second-order valence-corrected chi connectivity index (χ2v) is 7.99. The maximum atomic E-state index is 11.2. The van der Waals surface area contributed by atoms with Crippen LogP contribution in [0.2, 0.25) is 0 Å². The van der Waals surface area contributed by atoms with Gasteiger partial charge in [0.1, 0.15) is 5.69 Å². The van der Waals surface area contributed by atoms with Gasteiger partial charge >= 0.3 is 0 Å². The molecule has 1 saturated heterocycles. The third-order valence-corrected chi connectivity index (χ3v) is 6.65. The van der Waals surface area contributed by atoms with Gasteiger partial charge in [-0.25, -0.2) is 0 Å². The number of hydrogen-bond acceptors (Lipinski definition) is 4. The molecule has 3 aliphatic rings. The van der Waals surface area contributed by atoms with Gasteiger partial charge in [0.15, 0.2) is 0 Å². The molecule has 2 N–H and O–H groups in total. The van der Waals surface area contributed by atoms with Crippen molar-refractivity contribution >= 4 is 11.4 Å². The lowest BCUT2D eigenvalue weighted by Gasteiger charge is -2.54. The van der Waals surface area contributed by atoms with Gasteiger partial charge in [-0.05, 0) is 66.7 Å². The first-order valence-corrected chi connectivity index (χ1v) is 8.71. The summed E-state index contributed by atoms with van der Waals surface area (Å²) in [6, 6.07) is 4.13. The van der Waals surface area contributed by atoms with E-state index in [1.807, 2.05) is 6.07 Å². The van der Waals surface area contributed by atoms with E-state index in [4.69, 9.17) is 5.73 Å². The normalized spacial score (nSPS) is 33.3. The highest BCUT2D eigenvalue weighted by Gasteiger charge is 2.49. The minimum absolute atomic E-state index is 0.0636. The Morgan fingerprint density at radius 1 is 1.43 bits per heavy atom. The van der Waals surface area contributed by atoms with Crippen LogP contribution in [0.1, 0.15) is 44.2 Å². The van der Waals surface area contributed by atoms with E-state index in [1.54, 1.807) is 6.07 Å². The van der Waals surface area contributed by atoms with E-state index in [1.165, 1.54) is 24.9 Å². The highest BCUT2D eigenvalue weighted by Crippen LogP contribution is 2.50. The molecule has 2 fully saturated rings. The average Bonchev–Trinajstić information content (AvgIpc) is 3.30. The lowest BCUT2D eigenvalue weighted by atomic mass is 9.59. The van der Waals surface area contributed by atoms with E-state index in [9.17, 15) is 10.1 Å². The molecule has 1 saturated carbocycles. The largest absolute Gasteiger partial charge is 0.393 e. The number of fused-ring (bicyclic) bond motifs is 4. The van der Waals surface area contributed by atoms with Crippen molar-refractivity contribution in [2.24, 2.45) is 11.8 Å². The molecule has 0 aromatic heterocycles. The Kier molecular flexibility index (Phi) is 3.21. The molecule has 1 unspecified atom stereocenters. The Bertz CT molecular complexity index is 670. The van der Waals surface area contributed by atoms with E-state index in [0.717, 1.165) is 30.9 Å². The lowest BCUT2D eigenvalue weighted by molar-refractivity contribution is -0.384. The van der Waals surface area contributed by atoms with Crippen LogP contribution in [0.4, 0.5) is 11.4 Å². The summed E-state index contributed by atoms with van der Waals surface area (Å²) in [5, 5.41) is 11.2. The van der Waals surface area contributed by atoms with Crippen LogP contribution >= 0.6 is 0 Å². The molecule has 23 heavy (non-hydrogen) atoms. The molecule has 2 bridgehead atoms. The number of piperidine rings is 1. The summed E-state index contributed by atoms with van der Waals surface area (Å²) >= 11 is 0. The van der Waals surface area contributed by atoms with Crippen LogP contribution in [0, 0.1) is 22.0 Å². The molecule has 4 rings (SSSR count). The first-order chi connectivity index (χ1) is 10.9. The number of nitro groups is 1. The quantitative estimate of drug-likeness (QED) is 0.528. The third-order valence-electron chi connectivity index (χ3n) is 6.65. The van der Waals surface area contributed by atoms with Crippen molar-refractivity contribution in [3.05, 3.63) is 33.4 Å². The van der Waals surface area contributed by atoms with Gasteiger partial charge in [-0.15, -0.1) is 0 Å². The van der Waals surface area contributed by atoms with Crippen LogP contribution in [0.15, 0.2) is 12.1 Å². The van der Waals surface area contributed by atoms with Crippen LogP contribution in [-0.4, -0.2) is 29.0 Å². The zero-order valence-electron chi connectivity index (χ0n) is 13.9. The zero-order chi connectivity index (χ0) is 16.4. The number of nitrogens with zero attached hydrogens (tertiary/aromatic N) is 2. The Morgan fingerprint density at radius 2 is 2.17 bits per heavy atom. The molecule has 5 heteroatoms. The minimum Gasteiger partial charge on any atom is -0.393 e. The number of nitrogen functional groups attached to an aromatic ring is 1. The highest BCUT2D eigenvalue weighted by molar-refractivity contribution is 5.63. The molecule has 2 aliphatic carbocycles. The van der Waals surface area contributed by atoms with Gasteiger partial charge in [-0.3, -0.25) is 15.0 Å². The van der Waals surface area contributed by atoms with Gasteiger partial charge in [0.05, 0.1) is 4.92 Å². The molecular weight excluding hydrogens is 290 g/mol. The van der Waals surface area contributed by atoms with E-state index >= 15 is 0 Å². The molecule has 5 nitrogen and oxygen atoms in total. The fourth-order valence-corrected chi connectivity index (χ4v) is 4.79. The Morgan fingerprint density at radius 3 is 2.83 bits per heavy atom. The molecule has 1 aliphatic heterocycles. The maximum Gasteiger partial charge on any atom is 0.292 e. The van der Waals surface area contributed by atoms with Gasteiger partial charge in [0.25, 0.3) is 5.69 Å². The summed E-state index contributed by atoms with van der Waals surface area (Å²) in [6.45, 7) is 7.02. The standard InChI is InChI=1S/C18H25N3O2/c1-11-16-7-13-8-17(21(22)23)15(19)9-14(13)18(11,2)5-6-20(16)10-12-3-4-12/h8-9,11-12,16H,3-7,10,19H2,1-2H3/t11?,16-,18-/m1/s1. The second-order valence-electron chi connectivity index (χ2n) is 7.99. The Labute approximate surface area is 137 Å². The zero-order valence-corrected chi connectivity index (χ0v) is 13.9. The van der Waals surface area contributed by atoms with Crippen molar-refractivity contribution in [3.8, 4) is 0 Å². The van der Waals surface area contributed by atoms with Crippen LogP contribution < -0.4 is 5.73 Å². The van der Waals surface area contributed by atoms with Gasteiger partial charge in [-0.2, -0.15) is 0 Å². The maximum absolute atomic E-state index is 11.2. The van der Waals surface area contributed by atoms with Gasteiger partial charge in [0, 0.05) is 18.7 Å². The van der Waals surface area contributed by atoms with E-state index in [0.29, 0.717) is 17.6 Å². The predicted molar refractivity (Wildman–Crippen MR) is 90.4 cm³/mol. The fraction of sp³-hybridized carbons (Fsp3) is 0.667. The van der Waals surface area contributed by atoms with Crippen molar-refractivity contribution in [3.63, 3.8) is 0 Å². The monoisotopic (exact) mass is 315 g/mol. The molecule has 3 atom stereocenters. The fourth-order valence-electron chi connectivity index (χ4n) is 4.79. The number of nitrogens with two attached hydrogens (primary N) is 1. The first-order valence-electron chi connectivity index (χ1n) is 8.71. The molecule has 0 radical (unpaired) electrons. The molecule has 124 valence electrons. The Hall–Kier alpha value is -1.62. The summed E-state index contributed by atoms with van der Waals surface area (Å²) in [7, 11) is 0. The van der Waals surface area contributed by atoms with Crippen molar-refractivity contribution in [1.29, 1.82) is 0 Å². The van der Waals surface area contributed by atoms with E-state index < -0.39 is 0 Å². The molecule has 1 aromatic carbocycles. The van der Waals surface area contributed by atoms with Crippen LogP contribution in [0.5, 0.6) is 0 Å². The van der Waals surface area contributed by atoms with Crippen LogP contribution in [0.3, 0.4) is 0 Å². The highest BCUT2D eigenvalue weighted by atomic mass is 16.6. The number of nitro benzene ring substituents is 1. The smallest absolute Gasteiger partial charge is 0.292 e. The minimum atomic E-state index is -0.353. The van der Waals surface area contributed by atoms with E-state index in [2.05, 4.69) is 18.7 Å². The van der Waals surface area contributed by atoms with Gasteiger partial charge < -0.3 is 5.73 Å². The SMILES string of the molecule is CC1[C@H]2Cc3cc([N+](=O)[O-])c(N)cc3[C@]1(C)CCN2CC1CC1. The molecule has 1 aromatic rings. The van der Waals surface area contributed by atoms with Crippen molar-refractivity contribution in [2.75, 3.05) is 18.8 Å². The second kappa shape index (κ2) is 4.94. The summed E-state index contributed by atoms with van der Waals surface area (Å²) in [5.74, 6) is 1.44. The van der Waals surface area contributed by atoms with E-state index in [-0.39, 0.29) is 16.0 Å². The first kappa shape index (κ1) is 14.9. The number of hydrogen-bond donors (Lipinski definition) is 1. The Balaban J connectivity index is 1.75. The van der Waals surface area contributed by atoms with Crippen molar-refractivity contribution < 1.29 is 4.92 Å². The molecule has 0 amide bonds. The van der Waals surface area contributed by atoms with Crippen LogP contribution in [0.25, 0.3) is 0 Å².